The Morgan fingerprint density at radius 1 is 1.56 bits per heavy atom. The maximum Gasteiger partial charge on any atom is 0.253 e. The van der Waals surface area contributed by atoms with E-state index in [4.69, 9.17) is 5.73 Å². The highest BCUT2D eigenvalue weighted by atomic mass is 19.3. The van der Waals surface area contributed by atoms with Crippen molar-refractivity contribution in [2.45, 2.75) is 31.7 Å². The molecule has 1 aliphatic rings. The first kappa shape index (κ1) is 6.93. The fourth-order valence-corrected chi connectivity index (χ4v) is 1.02. The number of hydrogen-bond acceptors (Lipinski definition) is 1. The molecule has 1 saturated carbocycles. The molecule has 3 heteroatoms. The van der Waals surface area contributed by atoms with Crippen LogP contribution in [0.15, 0.2) is 0 Å². The quantitative estimate of drug-likeness (QED) is 0.577. The van der Waals surface area contributed by atoms with E-state index in [1.807, 2.05) is 0 Å². The summed E-state index contributed by atoms with van der Waals surface area (Å²) < 4.78 is 24.4. The Morgan fingerprint density at radius 2 is 1.89 bits per heavy atom. The van der Waals surface area contributed by atoms with Crippen LogP contribution in [0.1, 0.15) is 20.3 Å². The minimum atomic E-state index is -2.47. The molecule has 1 unspecified atom stereocenters. The number of rotatable bonds is 1. The largest absolute Gasteiger partial charge is 0.325 e. The van der Waals surface area contributed by atoms with Gasteiger partial charge in [-0.15, -0.1) is 0 Å². The van der Waals surface area contributed by atoms with Crippen LogP contribution in [0.4, 0.5) is 8.78 Å². The van der Waals surface area contributed by atoms with Gasteiger partial charge in [-0.05, 0) is 13.8 Å². The monoisotopic (exact) mass is 135 g/mol. The topological polar surface area (TPSA) is 26.0 Å². The normalized spacial score (nSPS) is 32.3. The van der Waals surface area contributed by atoms with Crippen molar-refractivity contribution >= 4 is 0 Å². The van der Waals surface area contributed by atoms with Gasteiger partial charge in [0.2, 0.25) is 0 Å². The van der Waals surface area contributed by atoms with E-state index in [1.54, 1.807) is 13.8 Å². The van der Waals surface area contributed by atoms with Gasteiger partial charge >= 0.3 is 0 Å². The zero-order valence-electron chi connectivity index (χ0n) is 5.62. The Morgan fingerprint density at radius 3 is 1.89 bits per heavy atom. The summed E-state index contributed by atoms with van der Waals surface area (Å²) in [6.07, 6.45) is -0.0312. The van der Waals surface area contributed by atoms with Crippen LogP contribution in [0.2, 0.25) is 0 Å². The molecule has 0 bridgehead atoms. The van der Waals surface area contributed by atoms with E-state index >= 15 is 0 Å². The number of nitrogens with two attached hydrogens (primary N) is 1. The summed E-state index contributed by atoms with van der Waals surface area (Å²) in [7, 11) is 0. The molecule has 0 heterocycles. The van der Waals surface area contributed by atoms with Crippen LogP contribution in [0.3, 0.4) is 0 Å². The molecule has 54 valence electrons. The Labute approximate surface area is 53.2 Å². The average Bonchev–Trinajstić information content (AvgIpc) is 2.10. The first-order valence-corrected chi connectivity index (χ1v) is 3.01. The molecule has 1 atom stereocenters. The zero-order valence-corrected chi connectivity index (χ0v) is 5.62. The molecule has 1 rings (SSSR count). The van der Waals surface area contributed by atoms with Crippen LogP contribution >= 0.6 is 0 Å². The summed E-state index contributed by atoms with van der Waals surface area (Å²) in [6, 6.07) is 0. The van der Waals surface area contributed by atoms with Crippen molar-refractivity contribution in [1.82, 2.24) is 0 Å². The van der Waals surface area contributed by atoms with Crippen molar-refractivity contribution in [3.05, 3.63) is 0 Å². The highest BCUT2D eigenvalue weighted by molar-refractivity contribution is 5.05. The molecule has 1 fully saturated rings. The van der Waals surface area contributed by atoms with Crippen LogP contribution in [-0.2, 0) is 0 Å². The lowest BCUT2D eigenvalue weighted by atomic mass is 10.0. The molecule has 0 saturated heterocycles. The molecule has 0 aromatic heterocycles. The van der Waals surface area contributed by atoms with Gasteiger partial charge in [0.05, 0.1) is 0 Å². The van der Waals surface area contributed by atoms with Crippen molar-refractivity contribution < 1.29 is 8.78 Å². The van der Waals surface area contributed by atoms with Gasteiger partial charge in [-0.3, -0.25) is 0 Å². The molecule has 0 aromatic rings. The highest BCUT2D eigenvalue weighted by Crippen LogP contribution is 2.53. The summed E-state index contributed by atoms with van der Waals surface area (Å²) in [5, 5.41) is 0. The Hall–Kier alpha value is -0.180. The second kappa shape index (κ2) is 1.45. The molecular formula is C6H11F2N. The Kier molecular flexibility index (Phi) is 1.12. The third kappa shape index (κ3) is 1.21. The van der Waals surface area contributed by atoms with Gasteiger partial charge in [0.15, 0.2) is 0 Å². The van der Waals surface area contributed by atoms with E-state index in [1.165, 1.54) is 0 Å². The maximum absolute atomic E-state index is 12.2. The number of alkyl halides is 2. The molecule has 0 aromatic carbocycles. The van der Waals surface area contributed by atoms with Crippen LogP contribution in [-0.4, -0.2) is 11.5 Å². The smallest absolute Gasteiger partial charge is 0.253 e. The van der Waals surface area contributed by atoms with Crippen molar-refractivity contribution in [1.29, 1.82) is 0 Å². The minimum absolute atomic E-state index is 0.0312. The zero-order chi connectivity index (χ0) is 7.28. The minimum Gasteiger partial charge on any atom is -0.325 e. The Bertz CT molecular complexity index is 126. The standard InChI is InChI=1S/C6H11F2N/c1-5(2,9)4-3-6(4,7)8/h4H,3,9H2,1-2H3. The predicted molar refractivity (Wildman–Crippen MR) is 31.3 cm³/mol. The van der Waals surface area contributed by atoms with Crippen LogP contribution in [0, 0.1) is 5.92 Å². The van der Waals surface area contributed by atoms with Gasteiger partial charge < -0.3 is 5.73 Å². The average molecular weight is 135 g/mol. The SMILES string of the molecule is CC(C)(N)C1CC1(F)F. The molecule has 0 aliphatic heterocycles. The predicted octanol–water partition coefficient (Wildman–Crippen LogP) is 1.38. The molecule has 0 radical (unpaired) electrons. The van der Waals surface area contributed by atoms with Gasteiger partial charge in [-0.25, -0.2) is 8.78 Å². The van der Waals surface area contributed by atoms with E-state index in [0.29, 0.717) is 0 Å². The van der Waals surface area contributed by atoms with E-state index in [-0.39, 0.29) is 6.42 Å². The molecular weight excluding hydrogens is 124 g/mol. The summed E-state index contributed by atoms with van der Waals surface area (Å²) >= 11 is 0. The summed E-state index contributed by atoms with van der Waals surface area (Å²) in [6.45, 7) is 3.27. The van der Waals surface area contributed by atoms with Crippen LogP contribution in [0.5, 0.6) is 0 Å². The van der Waals surface area contributed by atoms with Crippen molar-refractivity contribution in [2.24, 2.45) is 11.7 Å². The third-order valence-electron chi connectivity index (χ3n) is 1.72. The van der Waals surface area contributed by atoms with E-state index in [0.717, 1.165) is 0 Å². The summed E-state index contributed by atoms with van der Waals surface area (Å²) in [5.74, 6) is -3.07. The first-order valence-electron chi connectivity index (χ1n) is 3.01. The first-order chi connectivity index (χ1) is 3.84. The van der Waals surface area contributed by atoms with Gasteiger partial charge in [0.25, 0.3) is 5.92 Å². The van der Waals surface area contributed by atoms with Gasteiger partial charge in [0, 0.05) is 17.9 Å². The molecule has 2 N–H and O–H groups in total. The molecule has 0 amide bonds. The summed E-state index contributed by atoms with van der Waals surface area (Å²) in [5.41, 5.74) is 4.73. The second-order valence-corrected chi connectivity index (χ2v) is 3.34. The van der Waals surface area contributed by atoms with Gasteiger partial charge in [0.1, 0.15) is 0 Å². The Balaban J connectivity index is 2.52. The van der Waals surface area contributed by atoms with Crippen molar-refractivity contribution in [3.8, 4) is 0 Å². The molecule has 1 nitrogen and oxygen atoms in total. The number of halogens is 2. The maximum atomic E-state index is 12.2. The lowest BCUT2D eigenvalue weighted by Crippen LogP contribution is -2.36. The van der Waals surface area contributed by atoms with Crippen molar-refractivity contribution in [3.63, 3.8) is 0 Å². The lowest BCUT2D eigenvalue weighted by molar-refractivity contribution is 0.0838. The molecule has 1 aliphatic carbocycles. The molecule has 9 heavy (non-hydrogen) atoms. The fourth-order valence-electron chi connectivity index (χ4n) is 1.02. The van der Waals surface area contributed by atoms with Crippen molar-refractivity contribution in [2.75, 3.05) is 0 Å². The fraction of sp³-hybridized carbons (Fsp3) is 1.00. The van der Waals surface area contributed by atoms with Gasteiger partial charge in [-0.1, -0.05) is 0 Å². The summed E-state index contributed by atoms with van der Waals surface area (Å²) in [4.78, 5) is 0. The molecule has 0 spiro atoms. The number of hydrogen-bond donors (Lipinski definition) is 1. The van der Waals surface area contributed by atoms with E-state index in [9.17, 15) is 8.78 Å². The third-order valence-corrected chi connectivity index (χ3v) is 1.72. The van der Waals surface area contributed by atoms with Gasteiger partial charge in [-0.2, -0.15) is 0 Å². The van der Waals surface area contributed by atoms with Crippen LogP contribution < -0.4 is 5.73 Å². The van der Waals surface area contributed by atoms with E-state index < -0.39 is 17.4 Å². The lowest BCUT2D eigenvalue weighted by Gasteiger charge is -2.16. The second-order valence-electron chi connectivity index (χ2n) is 3.34. The van der Waals surface area contributed by atoms with Crippen LogP contribution in [0.25, 0.3) is 0 Å². The highest BCUT2D eigenvalue weighted by Gasteiger charge is 2.62. The van der Waals surface area contributed by atoms with E-state index in [2.05, 4.69) is 0 Å².